The Morgan fingerprint density at radius 2 is 1.71 bits per heavy atom. The molecule has 3 aromatic rings. The zero-order valence-corrected chi connectivity index (χ0v) is 22.7. The van der Waals surface area contributed by atoms with Crippen molar-refractivity contribution in [1.29, 1.82) is 0 Å². The number of nitrogens with one attached hydrogen (secondary N) is 2. The summed E-state index contributed by atoms with van der Waals surface area (Å²) in [5.41, 5.74) is 3.88. The fraction of sp³-hybridized carbons (Fsp3) is 0.346. The Hall–Kier alpha value is -2.88. The number of rotatable bonds is 9. The van der Waals surface area contributed by atoms with Gasteiger partial charge in [0.1, 0.15) is 5.82 Å². The van der Waals surface area contributed by atoms with Crippen LogP contribution in [0.4, 0.5) is 0 Å². The first kappa shape index (κ1) is 27.4. The zero-order valence-electron chi connectivity index (χ0n) is 20.4. The van der Waals surface area contributed by atoms with Gasteiger partial charge in [0.15, 0.2) is 5.96 Å². The summed E-state index contributed by atoms with van der Waals surface area (Å²) < 4.78 is 0. The minimum Gasteiger partial charge on any atom is -0.357 e. The molecule has 34 heavy (non-hydrogen) atoms. The van der Waals surface area contributed by atoms with Crippen LogP contribution in [0.15, 0.2) is 65.8 Å². The summed E-state index contributed by atoms with van der Waals surface area (Å²) in [5.74, 6) is 1.75. The first-order chi connectivity index (χ1) is 16.0. The molecular weight excluding hydrogens is 539 g/mol. The molecule has 0 spiro atoms. The molecule has 2 N–H and O–H groups in total. The van der Waals surface area contributed by atoms with Crippen LogP contribution < -0.4 is 5.32 Å². The third-order valence-corrected chi connectivity index (χ3v) is 5.46. The number of imidazole rings is 1. The molecule has 0 radical (unpaired) electrons. The van der Waals surface area contributed by atoms with Gasteiger partial charge in [0.25, 0.3) is 5.91 Å². The van der Waals surface area contributed by atoms with Crippen molar-refractivity contribution >= 4 is 35.8 Å². The fourth-order valence-corrected chi connectivity index (χ4v) is 3.59. The van der Waals surface area contributed by atoms with E-state index in [2.05, 4.69) is 39.2 Å². The fourth-order valence-electron chi connectivity index (χ4n) is 3.59. The first-order valence-electron chi connectivity index (χ1n) is 11.5. The molecule has 2 aromatic carbocycles. The van der Waals surface area contributed by atoms with Gasteiger partial charge in [0.2, 0.25) is 0 Å². The van der Waals surface area contributed by atoms with E-state index in [9.17, 15) is 4.79 Å². The number of carbonyl (C=O) groups excluding carboxylic acids is 1. The van der Waals surface area contributed by atoms with Crippen molar-refractivity contribution in [2.24, 2.45) is 4.99 Å². The highest BCUT2D eigenvalue weighted by molar-refractivity contribution is 14.0. The number of carbonyl (C=O) groups is 1. The van der Waals surface area contributed by atoms with Crippen LogP contribution in [0.2, 0.25) is 0 Å². The summed E-state index contributed by atoms with van der Waals surface area (Å²) >= 11 is 0. The summed E-state index contributed by atoms with van der Waals surface area (Å²) in [5, 5.41) is 3.34. The highest BCUT2D eigenvalue weighted by atomic mass is 127. The number of amides is 1. The monoisotopic (exact) mass is 574 g/mol. The van der Waals surface area contributed by atoms with Gasteiger partial charge in [-0.25, -0.2) is 9.98 Å². The number of H-pyrrole nitrogens is 1. The minimum atomic E-state index is 0. The third kappa shape index (κ3) is 7.31. The minimum absolute atomic E-state index is 0. The van der Waals surface area contributed by atoms with E-state index in [1.54, 1.807) is 0 Å². The number of nitrogens with zero attached hydrogens (tertiary/aromatic N) is 4. The number of aromatic amines is 1. The van der Waals surface area contributed by atoms with Crippen molar-refractivity contribution in [2.45, 2.75) is 33.9 Å². The summed E-state index contributed by atoms with van der Waals surface area (Å²) in [7, 11) is 2.00. The van der Waals surface area contributed by atoms with Crippen molar-refractivity contribution in [1.82, 2.24) is 25.1 Å². The summed E-state index contributed by atoms with van der Waals surface area (Å²) in [4.78, 5) is 29.1. The van der Waals surface area contributed by atoms with E-state index >= 15 is 0 Å². The van der Waals surface area contributed by atoms with Gasteiger partial charge in [-0.2, -0.15) is 0 Å². The molecule has 0 saturated heterocycles. The molecule has 0 fully saturated rings. The standard InChI is InChI=1S/C26H34N6O.HI/c1-5-27-26(29-17-20-13-15-22(16-14-20)25(33)32(6-2)7-3)31(4)19-24-28-18-23(30-24)21-11-9-8-10-12-21;/h8-16,18H,5-7,17,19H2,1-4H3,(H,27,29)(H,28,30);1H. The van der Waals surface area contributed by atoms with Crippen LogP contribution in [0.1, 0.15) is 42.5 Å². The normalized spacial score (nSPS) is 11.0. The summed E-state index contributed by atoms with van der Waals surface area (Å²) in [6.45, 7) is 9.37. The maximum absolute atomic E-state index is 12.5. The predicted octanol–water partition coefficient (Wildman–Crippen LogP) is 4.77. The lowest BCUT2D eigenvalue weighted by molar-refractivity contribution is 0.0773. The number of hydrogen-bond acceptors (Lipinski definition) is 3. The smallest absolute Gasteiger partial charge is 0.253 e. The number of aromatic nitrogens is 2. The highest BCUT2D eigenvalue weighted by Crippen LogP contribution is 2.16. The molecule has 0 atom stereocenters. The summed E-state index contributed by atoms with van der Waals surface area (Å²) in [6, 6.07) is 17.9. The number of benzene rings is 2. The molecule has 182 valence electrons. The van der Waals surface area contributed by atoms with E-state index in [-0.39, 0.29) is 29.9 Å². The lowest BCUT2D eigenvalue weighted by atomic mass is 10.1. The molecule has 1 aromatic heterocycles. The van der Waals surface area contributed by atoms with Gasteiger partial charge in [-0.05, 0) is 44.0 Å². The van der Waals surface area contributed by atoms with Gasteiger partial charge < -0.3 is 20.1 Å². The molecule has 0 unspecified atom stereocenters. The lowest BCUT2D eigenvalue weighted by Gasteiger charge is -2.21. The molecule has 0 aliphatic carbocycles. The van der Waals surface area contributed by atoms with Gasteiger partial charge in [0.05, 0.1) is 25.0 Å². The largest absolute Gasteiger partial charge is 0.357 e. The molecule has 7 nitrogen and oxygen atoms in total. The molecule has 0 aliphatic rings. The topological polar surface area (TPSA) is 76.6 Å². The average Bonchev–Trinajstić information content (AvgIpc) is 3.31. The van der Waals surface area contributed by atoms with Gasteiger partial charge in [-0.15, -0.1) is 24.0 Å². The average molecular weight is 575 g/mol. The molecule has 3 rings (SSSR count). The van der Waals surface area contributed by atoms with Crippen LogP contribution in [0.5, 0.6) is 0 Å². The Kier molecular flexibility index (Phi) is 11.1. The Labute approximate surface area is 219 Å². The second-order valence-corrected chi connectivity index (χ2v) is 7.81. The second kappa shape index (κ2) is 13.7. The number of guanidine groups is 1. The van der Waals surface area contributed by atoms with Crippen molar-refractivity contribution in [3.8, 4) is 11.3 Å². The predicted molar refractivity (Wildman–Crippen MR) is 149 cm³/mol. The third-order valence-electron chi connectivity index (χ3n) is 5.46. The number of hydrogen-bond donors (Lipinski definition) is 2. The Bertz CT molecular complexity index is 1040. The van der Waals surface area contributed by atoms with Crippen LogP contribution in [0.25, 0.3) is 11.3 Å². The number of halogens is 1. The summed E-state index contributed by atoms with van der Waals surface area (Å²) in [6.07, 6.45) is 1.86. The van der Waals surface area contributed by atoms with Crippen LogP contribution in [0, 0.1) is 0 Å². The first-order valence-corrected chi connectivity index (χ1v) is 11.5. The van der Waals surface area contributed by atoms with Crippen LogP contribution in [-0.2, 0) is 13.1 Å². The second-order valence-electron chi connectivity index (χ2n) is 7.81. The Balaban J connectivity index is 0.00000408. The Morgan fingerprint density at radius 3 is 2.32 bits per heavy atom. The van der Waals surface area contributed by atoms with Crippen molar-refractivity contribution in [3.05, 3.63) is 77.7 Å². The molecule has 0 saturated carbocycles. The van der Waals surface area contributed by atoms with E-state index < -0.39 is 0 Å². The van der Waals surface area contributed by atoms with Crippen molar-refractivity contribution in [3.63, 3.8) is 0 Å². The quantitative estimate of drug-likeness (QED) is 0.219. The van der Waals surface area contributed by atoms with Crippen LogP contribution >= 0.6 is 24.0 Å². The molecule has 0 bridgehead atoms. The SMILES string of the molecule is CCNC(=NCc1ccc(C(=O)N(CC)CC)cc1)N(C)Cc1ncc(-c2ccccc2)[nH]1.I. The molecule has 1 amide bonds. The highest BCUT2D eigenvalue weighted by Gasteiger charge is 2.13. The van der Waals surface area contributed by atoms with Gasteiger partial charge in [0, 0.05) is 32.2 Å². The van der Waals surface area contributed by atoms with E-state index in [0.717, 1.165) is 35.1 Å². The van der Waals surface area contributed by atoms with E-state index in [4.69, 9.17) is 4.99 Å². The van der Waals surface area contributed by atoms with Crippen molar-refractivity contribution < 1.29 is 4.79 Å². The van der Waals surface area contributed by atoms with E-state index in [1.165, 1.54) is 0 Å². The zero-order chi connectivity index (χ0) is 23.6. The Morgan fingerprint density at radius 1 is 1.03 bits per heavy atom. The number of aliphatic imine (C=N–C) groups is 1. The lowest BCUT2D eigenvalue weighted by Crippen LogP contribution is -2.38. The van der Waals surface area contributed by atoms with Crippen LogP contribution in [0.3, 0.4) is 0 Å². The van der Waals surface area contributed by atoms with E-state index in [0.29, 0.717) is 31.7 Å². The molecule has 0 aliphatic heterocycles. The molecule has 1 heterocycles. The van der Waals surface area contributed by atoms with Gasteiger partial charge in [-0.3, -0.25) is 4.79 Å². The van der Waals surface area contributed by atoms with Crippen LogP contribution in [-0.4, -0.2) is 58.3 Å². The van der Waals surface area contributed by atoms with Gasteiger partial charge in [-0.1, -0.05) is 42.5 Å². The molecule has 8 heteroatoms. The van der Waals surface area contributed by atoms with Gasteiger partial charge >= 0.3 is 0 Å². The van der Waals surface area contributed by atoms with E-state index in [1.807, 2.05) is 74.5 Å². The van der Waals surface area contributed by atoms with Crippen molar-refractivity contribution in [2.75, 3.05) is 26.7 Å². The maximum Gasteiger partial charge on any atom is 0.253 e. The molecular formula is C26H35IN6O. The maximum atomic E-state index is 12.5.